The van der Waals surface area contributed by atoms with E-state index in [2.05, 4.69) is 20.3 Å². The van der Waals surface area contributed by atoms with Crippen LogP contribution in [0.3, 0.4) is 0 Å². The molecule has 0 bridgehead atoms. The number of methoxy groups -OCH3 is 1. The Kier molecular flexibility index (Phi) is 5.33. The summed E-state index contributed by atoms with van der Waals surface area (Å²) in [6.07, 6.45) is 4.58. The van der Waals surface area contributed by atoms with Crippen LogP contribution >= 0.6 is 23.2 Å². The third kappa shape index (κ3) is 4.04. The molecule has 0 atom stereocenters. The molecule has 1 aromatic carbocycles. The number of ether oxygens (including phenoxy) is 1. The highest BCUT2D eigenvalue weighted by Gasteiger charge is 2.18. The Bertz CT molecular complexity index is 993. The van der Waals surface area contributed by atoms with Crippen molar-refractivity contribution in [1.82, 2.24) is 19.6 Å². The van der Waals surface area contributed by atoms with Gasteiger partial charge in [0.25, 0.3) is 5.91 Å². The summed E-state index contributed by atoms with van der Waals surface area (Å²) >= 11 is 12.4. The second-order valence-corrected chi connectivity index (χ2v) is 6.21. The number of para-hydroxylation sites is 1. The monoisotopic (exact) mass is 408 g/mol. The summed E-state index contributed by atoms with van der Waals surface area (Å²) in [5, 5.41) is 11.9. The molecule has 11 heteroatoms. The van der Waals surface area contributed by atoms with Crippen molar-refractivity contribution >= 4 is 46.5 Å². The van der Waals surface area contributed by atoms with Crippen LogP contribution in [0.5, 0.6) is 0 Å². The van der Waals surface area contributed by atoms with Crippen molar-refractivity contribution in [2.75, 3.05) is 12.4 Å². The van der Waals surface area contributed by atoms with Gasteiger partial charge >= 0.3 is 5.97 Å². The number of amides is 1. The van der Waals surface area contributed by atoms with E-state index in [1.165, 1.54) is 28.9 Å². The zero-order chi connectivity index (χ0) is 19.6. The first kappa shape index (κ1) is 18.7. The number of aromatic nitrogens is 4. The Labute approximate surface area is 163 Å². The fourth-order valence-corrected chi connectivity index (χ4v) is 2.91. The summed E-state index contributed by atoms with van der Waals surface area (Å²) in [5.74, 6) is -1.18. The van der Waals surface area contributed by atoms with E-state index >= 15 is 0 Å². The van der Waals surface area contributed by atoms with Gasteiger partial charge in [0.1, 0.15) is 12.2 Å². The highest BCUT2D eigenvalue weighted by molar-refractivity contribution is 6.37. The van der Waals surface area contributed by atoms with Crippen molar-refractivity contribution in [2.45, 2.75) is 6.54 Å². The van der Waals surface area contributed by atoms with Gasteiger partial charge in [0, 0.05) is 6.20 Å². The summed E-state index contributed by atoms with van der Waals surface area (Å²) in [5.41, 5.74) is 6.68. The van der Waals surface area contributed by atoms with Crippen LogP contribution in [0.2, 0.25) is 10.0 Å². The van der Waals surface area contributed by atoms with E-state index in [0.29, 0.717) is 27.1 Å². The third-order valence-corrected chi connectivity index (χ3v) is 4.16. The SMILES string of the molecule is COC(=O)Cn1cc(Nc2cn(-c3c(Cl)cccc3Cl)nc2C(N)=O)cn1. The van der Waals surface area contributed by atoms with Crippen LogP contribution < -0.4 is 11.1 Å². The van der Waals surface area contributed by atoms with Crippen LogP contribution in [0.25, 0.3) is 5.69 Å². The van der Waals surface area contributed by atoms with E-state index in [1.807, 2.05) is 0 Å². The first-order valence-electron chi connectivity index (χ1n) is 7.59. The smallest absolute Gasteiger partial charge is 0.327 e. The lowest BCUT2D eigenvalue weighted by molar-refractivity contribution is -0.141. The number of nitrogens with one attached hydrogen (secondary N) is 1. The number of esters is 1. The minimum atomic E-state index is -0.735. The predicted molar refractivity (Wildman–Crippen MR) is 99.6 cm³/mol. The third-order valence-electron chi connectivity index (χ3n) is 3.55. The molecule has 0 spiro atoms. The number of primary amides is 1. The average molecular weight is 409 g/mol. The number of anilines is 2. The van der Waals surface area contributed by atoms with E-state index in [4.69, 9.17) is 28.9 Å². The number of nitrogens with two attached hydrogens (primary N) is 1. The topological polar surface area (TPSA) is 117 Å². The molecule has 3 N–H and O–H groups in total. The Morgan fingerprint density at radius 2 is 1.96 bits per heavy atom. The molecule has 0 saturated carbocycles. The van der Waals surface area contributed by atoms with Gasteiger partial charge in [0.05, 0.1) is 40.9 Å². The van der Waals surface area contributed by atoms with Crippen LogP contribution in [-0.2, 0) is 16.1 Å². The molecule has 0 radical (unpaired) electrons. The summed E-state index contributed by atoms with van der Waals surface area (Å²) in [6, 6.07) is 5.00. The Balaban J connectivity index is 1.93. The van der Waals surface area contributed by atoms with E-state index in [-0.39, 0.29) is 12.2 Å². The standard InChI is InChI=1S/C16H14Cl2N6O3/c1-27-13(25)8-23-6-9(5-20-23)21-12-7-24(22-14(12)16(19)26)15-10(17)3-2-4-11(15)18/h2-7,21H,8H2,1H3,(H2,19,26). The van der Waals surface area contributed by atoms with Gasteiger partial charge in [0.2, 0.25) is 0 Å². The Morgan fingerprint density at radius 1 is 1.26 bits per heavy atom. The number of carbonyl (C=O) groups excluding carboxylic acids is 2. The number of rotatable bonds is 6. The van der Waals surface area contributed by atoms with E-state index in [1.54, 1.807) is 24.4 Å². The number of nitrogens with zero attached hydrogens (tertiary/aromatic N) is 4. The lowest BCUT2D eigenvalue weighted by Crippen LogP contribution is -2.14. The van der Waals surface area contributed by atoms with Crippen molar-refractivity contribution in [3.8, 4) is 5.69 Å². The van der Waals surface area contributed by atoms with Crippen LogP contribution in [-0.4, -0.2) is 38.5 Å². The maximum Gasteiger partial charge on any atom is 0.327 e. The molecule has 2 heterocycles. The number of carbonyl (C=O) groups is 2. The van der Waals surface area contributed by atoms with E-state index in [0.717, 1.165) is 0 Å². The molecular weight excluding hydrogens is 395 g/mol. The molecule has 140 valence electrons. The van der Waals surface area contributed by atoms with Gasteiger partial charge in [-0.25, -0.2) is 4.68 Å². The second-order valence-electron chi connectivity index (χ2n) is 5.40. The maximum absolute atomic E-state index is 11.8. The van der Waals surface area contributed by atoms with Gasteiger partial charge in [-0.05, 0) is 12.1 Å². The molecule has 3 aromatic rings. The summed E-state index contributed by atoms with van der Waals surface area (Å²) in [6.45, 7) is -0.0463. The predicted octanol–water partition coefficient (Wildman–Crippen LogP) is 2.39. The molecule has 0 aliphatic heterocycles. The van der Waals surface area contributed by atoms with Crippen molar-refractivity contribution < 1.29 is 14.3 Å². The van der Waals surface area contributed by atoms with Crippen molar-refractivity contribution in [3.05, 3.63) is 52.5 Å². The lowest BCUT2D eigenvalue weighted by Gasteiger charge is -2.06. The first-order valence-corrected chi connectivity index (χ1v) is 8.34. The summed E-state index contributed by atoms with van der Waals surface area (Å²) in [4.78, 5) is 23.1. The second kappa shape index (κ2) is 7.68. The van der Waals surface area contributed by atoms with Gasteiger partial charge < -0.3 is 15.8 Å². The Hall–Kier alpha value is -3.04. The van der Waals surface area contributed by atoms with Crippen molar-refractivity contribution in [1.29, 1.82) is 0 Å². The number of halogens is 2. The molecular formula is C16H14Cl2N6O3. The van der Waals surface area contributed by atoms with Gasteiger partial charge in [0.15, 0.2) is 5.69 Å². The van der Waals surface area contributed by atoms with Crippen LogP contribution in [0.15, 0.2) is 36.8 Å². The number of hydrogen-bond donors (Lipinski definition) is 2. The molecule has 0 fully saturated rings. The molecule has 2 aromatic heterocycles. The molecule has 0 saturated heterocycles. The van der Waals surface area contributed by atoms with Crippen molar-refractivity contribution in [3.63, 3.8) is 0 Å². The Morgan fingerprint density at radius 3 is 2.59 bits per heavy atom. The van der Waals surface area contributed by atoms with Crippen LogP contribution in [0, 0.1) is 0 Å². The van der Waals surface area contributed by atoms with Crippen molar-refractivity contribution in [2.24, 2.45) is 5.73 Å². The molecule has 0 aliphatic rings. The minimum Gasteiger partial charge on any atom is -0.468 e. The van der Waals surface area contributed by atoms with Gasteiger partial charge in [-0.1, -0.05) is 29.3 Å². The normalized spacial score (nSPS) is 10.6. The first-order chi connectivity index (χ1) is 12.9. The maximum atomic E-state index is 11.8. The van der Waals surface area contributed by atoms with E-state index in [9.17, 15) is 9.59 Å². The molecule has 3 rings (SSSR count). The average Bonchev–Trinajstić information content (AvgIpc) is 3.22. The van der Waals surface area contributed by atoms with Gasteiger partial charge in [-0.2, -0.15) is 10.2 Å². The molecule has 27 heavy (non-hydrogen) atoms. The zero-order valence-corrected chi connectivity index (χ0v) is 15.5. The highest BCUT2D eigenvalue weighted by Crippen LogP contribution is 2.30. The largest absolute Gasteiger partial charge is 0.468 e. The highest BCUT2D eigenvalue weighted by atomic mass is 35.5. The fourth-order valence-electron chi connectivity index (χ4n) is 2.34. The number of benzene rings is 1. The molecule has 0 unspecified atom stereocenters. The zero-order valence-electron chi connectivity index (χ0n) is 14.0. The quantitative estimate of drug-likeness (QED) is 0.604. The molecule has 0 aliphatic carbocycles. The summed E-state index contributed by atoms with van der Waals surface area (Å²) < 4.78 is 7.34. The van der Waals surface area contributed by atoms with Gasteiger partial charge in [-0.3, -0.25) is 14.3 Å². The molecule has 9 nitrogen and oxygen atoms in total. The summed E-state index contributed by atoms with van der Waals surface area (Å²) in [7, 11) is 1.29. The van der Waals surface area contributed by atoms with Gasteiger partial charge in [-0.15, -0.1) is 0 Å². The van der Waals surface area contributed by atoms with Crippen LogP contribution in [0.4, 0.5) is 11.4 Å². The van der Waals surface area contributed by atoms with Crippen LogP contribution in [0.1, 0.15) is 10.5 Å². The number of hydrogen-bond acceptors (Lipinski definition) is 6. The van der Waals surface area contributed by atoms with E-state index < -0.39 is 11.9 Å². The lowest BCUT2D eigenvalue weighted by atomic mass is 10.3. The fraction of sp³-hybridized carbons (Fsp3) is 0.125. The minimum absolute atomic E-state index is 0.00768. The molecule has 1 amide bonds.